The number of nitrogens with zero attached hydrogens (tertiary/aromatic N) is 2. The summed E-state index contributed by atoms with van der Waals surface area (Å²) in [6.07, 6.45) is 5.29. The molecule has 10 heteroatoms. The SMILES string of the molecule is CC[C@H](C(=O)NC1CCCCC1)N(Cc1ccc(Cl)cc1)C(=O)CCN1C(=O)c2ccccc2S1(=O)=O. The first kappa shape index (κ1) is 27.1. The lowest BCUT2D eigenvalue weighted by atomic mass is 9.95. The second-order valence-electron chi connectivity index (χ2n) is 9.54. The zero-order chi connectivity index (χ0) is 26.6. The highest BCUT2D eigenvalue weighted by molar-refractivity contribution is 7.90. The van der Waals surface area contributed by atoms with Crippen LogP contribution in [0.25, 0.3) is 0 Å². The van der Waals surface area contributed by atoms with Crippen LogP contribution in [0.4, 0.5) is 0 Å². The van der Waals surface area contributed by atoms with E-state index < -0.39 is 27.9 Å². The van der Waals surface area contributed by atoms with Crippen LogP contribution in [-0.2, 0) is 26.2 Å². The highest BCUT2D eigenvalue weighted by Gasteiger charge is 2.41. The third kappa shape index (κ3) is 5.99. The van der Waals surface area contributed by atoms with Gasteiger partial charge in [-0.2, -0.15) is 0 Å². The molecule has 1 N–H and O–H groups in total. The number of nitrogens with one attached hydrogen (secondary N) is 1. The van der Waals surface area contributed by atoms with E-state index >= 15 is 0 Å². The molecule has 2 aromatic carbocycles. The van der Waals surface area contributed by atoms with Crippen molar-refractivity contribution in [2.45, 2.75) is 75.4 Å². The molecule has 8 nitrogen and oxygen atoms in total. The summed E-state index contributed by atoms with van der Waals surface area (Å²) in [5.41, 5.74) is 0.894. The quantitative estimate of drug-likeness (QED) is 0.510. The van der Waals surface area contributed by atoms with Crippen LogP contribution in [0.5, 0.6) is 0 Å². The monoisotopic (exact) mass is 545 g/mol. The smallest absolute Gasteiger partial charge is 0.269 e. The molecule has 1 aliphatic carbocycles. The molecule has 1 saturated carbocycles. The molecule has 0 saturated heterocycles. The highest BCUT2D eigenvalue weighted by atomic mass is 35.5. The van der Waals surface area contributed by atoms with Gasteiger partial charge in [0.05, 0.1) is 5.56 Å². The van der Waals surface area contributed by atoms with Crippen LogP contribution in [0.3, 0.4) is 0 Å². The van der Waals surface area contributed by atoms with Crippen molar-refractivity contribution in [3.63, 3.8) is 0 Å². The minimum absolute atomic E-state index is 0.0521. The zero-order valence-electron chi connectivity index (χ0n) is 20.9. The molecule has 0 bridgehead atoms. The molecular weight excluding hydrogens is 514 g/mol. The van der Waals surface area contributed by atoms with E-state index in [0.29, 0.717) is 11.4 Å². The van der Waals surface area contributed by atoms with Crippen LogP contribution in [0.1, 0.15) is 67.8 Å². The van der Waals surface area contributed by atoms with E-state index in [4.69, 9.17) is 11.6 Å². The average molecular weight is 546 g/mol. The van der Waals surface area contributed by atoms with Gasteiger partial charge in [0.15, 0.2) is 0 Å². The van der Waals surface area contributed by atoms with Gasteiger partial charge in [-0.25, -0.2) is 12.7 Å². The molecule has 1 atom stereocenters. The molecule has 198 valence electrons. The van der Waals surface area contributed by atoms with Crippen molar-refractivity contribution in [2.24, 2.45) is 0 Å². The minimum atomic E-state index is -4.02. The van der Waals surface area contributed by atoms with Gasteiger partial charge >= 0.3 is 0 Å². The fourth-order valence-corrected chi connectivity index (χ4v) is 6.74. The maximum atomic E-state index is 13.5. The van der Waals surface area contributed by atoms with E-state index in [1.807, 2.05) is 6.92 Å². The Hall–Kier alpha value is -2.91. The predicted molar refractivity (Wildman–Crippen MR) is 140 cm³/mol. The van der Waals surface area contributed by atoms with E-state index in [2.05, 4.69) is 5.32 Å². The van der Waals surface area contributed by atoms with Crippen LogP contribution < -0.4 is 5.32 Å². The zero-order valence-corrected chi connectivity index (χ0v) is 22.4. The Bertz CT molecular complexity index is 1260. The Kier molecular flexibility index (Phi) is 8.54. The largest absolute Gasteiger partial charge is 0.352 e. The second kappa shape index (κ2) is 11.6. The molecule has 37 heavy (non-hydrogen) atoms. The van der Waals surface area contributed by atoms with Crippen LogP contribution in [0.15, 0.2) is 53.4 Å². The first-order chi connectivity index (χ1) is 17.7. The minimum Gasteiger partial charge on any atom is -0.352 e. The van der Waals surface area contributed by atoms with Gasteiger partial charge < -0.3 is 10.2 Å². The van der Waals surface area contributed by atoms with Crippen LogP contribution in [-0.4, -0.2) is 54.0 Å². The number of amides is 3. The summed E-state index contributed by atoms with van der Waals surface area (Å²) >= 11 is 6.02. The van der Waals surface area contributed by atoms with E-state index in [9.17, 15) is 22.8 Å². The first-order valence-electron chi connectivity index (χ1n) is 12.7. The van der Waals surface area contributed by atoms with Crippen molar-refractivity contribution >= 4 is 39.3 Å². The molecule has 2 aliphatic rings. The average Bonchev–Trinajstić information content (AvgIpc) is 3.09. The number of hydrogen-bond donors (Lipinski definition) is 1. The maximum Gasteiger partial charge on any atom is 0.269 e. The number of hydrogen-bond acceptors (Lipinski definition) is 5. The Morgan fingerprint density at radius 3 is 2.41 bits per heavy atom. The lowest BCUT2D eigenvalue weighted by molar-refractivity contribution is -0.141. The fourth-order valence-electron chi connectivity index (χ4n) is 5.04. The van der Waals surface area contributed by atoms with Gasteiger partial charge in [0.25, 0.3) is 15.9 Å². The Morgan fingerprint density at radius 2 is 1.76 bits per heavy atom. The van der Waals surface area contributed by atoms with Gasteiger partial charge in [-0.15, -0.1) is 0 Å². The van der Waals surface area contributed by atoms with Crippen molar-refractivity contribution in [3.05, 3.63) is 64.7 Å². The third-order valence-corrected chi connectivity index (χ3v) is 9.14. The molecule has 0 spiro atoms. The van der Waals surface area contributed by atoms with Gasteiger partial charge in [-0.3, -0.25) is 14.4 Å². The van der Waals surface area contributed by atoms with Gasteiger partial charge in [0.1, 0.15) is 10.9 Å². The first-order valence-corrected chi connectivity index (χ1v) is 14.5. The molecule has 1 aliphatic heterocycles. The van der Waals surface area contributed by atoms with Gasteiger partial charge in [0.2, 0.25) is 11.8 Å². The van der Waals surface area contributed by atoms with E-state index in [1.54, 1.807) is 36.4 Å². The number of rotatable bonds is 9. The summed E-state index contributed by atoms with van der Waals surface area (Å²) in [5.74, 6) is -1.26. The molecule has 0 unspecified atom stereocenters. The molecule has 0 aromatic heterocycles. The number of halogens is 1. The molecular formula is C27H32ClN3O5S. The molecule has 4 rings (SSSR count). The van der Waals surface area contributed by atoms with Gasteiger partial charge in [-0.05, 0) is 49.1 Å². The Balaban J connectivity index is 1.52. The number of carbonyl (C=O) groups is 3. The van der Waals surface area contributed by atoms with Gasteiger partial charge in [-0.1, -0.05) is 62.1 Å². The predicted octanol–water partition coefficient (Wildman–Crippen LogP) is 4.13. The standard InChI is InChI=1S/C27H32ClN3O5S/c1-2-23(26(33)29-21-8-4-3-5-9-21)30(18-19-12-14-20(28)15-13-19)25(32)16-17-31-27(34)22-10-6-7-11-24(22)37(31,35)36/h6-7,10-15,21,23H,2-5,8-9,16-18H2,1H3,(H,29,33)/t23-/m1/s1. The van der Waals surface area contributed by atoms with Crippen molar-refractivity contribution in [3.8, 4) is 0 Å². The Labute approximate surface area is 223 Å². The third-order valence-electron chi connectivity index (χ3n) is 7.04. The molecule has 1 fully saturated rings. The van der Waals surface area contributed by atoms with E-state index in [1.165, 1.54) is 17.0 Å². The summed E-state index contributed by atoms with van der Waals surface area (Å²) in [6, 6.07) is 12.4. The normalized spacial score (nSPS) is 17.8. The number of fused-ring (bicyclic) bond motifs is 1. The molecule has 3 amide bonds. The lowest BCUT2D eigenvalue weighted by Gasteiger charge is -2.33. The molecule has 2 aromatic rings. The number of benzene rings is 2. The van der Waals surface area contributed by atoms with Crippen LogP contribution >= 0.6 is 11.6 Å². The number of carbonyl (C=O) groups excluding carboxylic acids is 3. The van der Waals surface area contributed by atoms with E-state index in [0.717, 1.165) is 42.0 Å². The van der Waals surface area contributed by atoms with E-state index in [-0.39, 0.29) is 41.9 Å². The maximum absolute atomic E-state index is 13.5. The lowest BCUT2D eigenvalue weighted by Crippen LogP contribution is -2.52. The summed E-state index contributed by atoms with van der Waals surface area (Å²) in [6.45, 7) is 1.71. The summed E-state index contributed by atoms with van der Waals surface area (Å²) in [7, 11) is -4.02. The topological polar surface area (TPSA) is 104 Å². The van der Waals surface area contributed by atoms with Crippen LogP contribution in [0, 0.1) is 0 Å². The number of sulfonamides is 1. The summed E-state index contributed by atoms with van der Waals surface area (Å²) < 4.78 is 26.6. The van der Waals surface area contributed by atoms with Crippen molar-refractivity contribution < 1.29 is 22.8 Å². The fraction of sp³-hybridized carbons (Fsp3) is 0.444. The van der Waals surface area contributed by atoms with Crippen molar-refractivity contribution in [1.29, 1.82) is 0 Å². The Morgan fingerprint density at radius 1 is 1.08 bits per heavy atom. The van der Waals surface area contributed by atoms with Gasteiger partial charge in [0, 0.05) is 30.6 Å². The molecule has 1 heterocycles. The summed E-state index contributed by atoms with van der Waals surface area (Å²) in [4.78, 5) is 41.1. The van der Waals surface area contributed by atoms with Crippen LogP contribution in [0.2, 0.25) is 5.02 Å². The van der Waals surface area contributed by atoms with Crippen molar-refractivity contribution in [1.82, 2.24) is 14.5 Å². The molecule has 0 radical (unpaired) electrons. The second-order valence-corrected chi connectivity index (χ2v) is 11.8. The summed E-state index contributed by atoms with van der Waals surface area (Å²) in [5, 5.41) is 3.67. The van der Waals surface area contributed by atoms with Crippen molar-refractivity contribution in [2.75, 3.05) is 6.54 Å². The highest BCUT2D eigenvalue weighted by Crippen LogP contribution is 2.30.